The monoisotopic (exact) mass is 289 g/mol. The molecule has 1 N–H and O–H groups in total. The van der Waals surface area contributed by atoms with Crippen molar-refractivity contribution >= 4 is 0 Å². The van der Waals surface area contributed by atoms with E-state index in [1.54, 1.807) is 0 Å². The first kappa shape index (κ1) is 14.2. The van der Waals surface area contributed by atoms with Crippen LogP contribution in [0.25, 0.3) is 0 Å². The topological polar surface area (TPSA) is 23.5 Å². The van der Waals surface area contributed by atoms with Gasteiger partial charge in [-0.25, -0.2) is 8.78 Å². The third-order valence-corrected chi connectivity index (χ3v) is 3.93. The second-order valence-electron chi connectivity index (χ2n) is 5.49. The average molecular weight is 289 g/mol. The minimum absolute atomic E-state index is 0.295. The molecule has 0 spiro atoms. The molecule has 1 heterocycles. The first-order valence-electron chi connectivity index (χ1n) is 7.04. The van der Waals surface area contributed by atoms with Gasteiger partial charge in [-0.2, -0.15) is 0 Å². The fraction of sp³-hybridized carbons (Fsp3) is 0.294. The summed E-state index contributed by atoms with van der Waals surface area (Å²) in [7, 11) is 0. The Labute approximate surface area is 122 Å². The van der Waals surface area contributed by atoms with E-state index in [0.717, 1.165) is 17.7 Å². The Hall–Kier alpha value is -1.78. The Morgan fingerprint density at radius 1 is 1.10 bits per heavy atom. The van der Waals surface area contributed by atoms with E-state index in [0.29, 0.717) is 25.1 Å². The Kier molecular flexibility index (Phi) is 3.99. The summed E-state index contributed by atoms with van der Waals surface area (Å²) in [5.74, 6) is -0.874. The number of hydrogen-bond acceptors (Lipinski definition) is 2. The van der Waals surface area contributed by atoms with E-state index in [4.69, 9.17) is 0 Å². The number of aliphatic hydroxyl groups is 1. The van der Waals surface area contributed by atoms with Crippen molar-refractivity contribution in [3.8, 4) is 0 Å². The van der Waals surface area contributed by atoms with Crippen LogP contribution in [-0.4, -0.2) is 22.7 Å². The lowest BCUT2D eigenvalue weighted by Gasteiger charge is -2.25. The number of benzene rings is 2. The molecule has 1 fully saturated rings. The average Bonchev–Trinajstić information content (AvgIpc) is 2.83. The number of hydrogen-bond donors (Lipinski definition) is 1. The van der Waals surface area contributed by atoms with Gasteiger partial charge in [-0.1, -0.05) is 30.3 Å². The molecule has 0 aromatic heterocycles. The predicted octanol–water partition coefficient (Wildman–Crippen LogP) is 3.27. The van der Waals surface area contributed by atoms with E-state index >= 15 is 0 Å². The van der Waals surface area contributed by atoms with E-state index in [1.165, 1.54) is 6.07 Å². The highest BCUT2D eigenvalue weighted by molar-refractivity contribution is 5.24. The summed E-state index contributed by atoms with van der Waals surface area (Å²) in [6, 6.07) is 13.0. The smallest absolute Gasteiger partial charge is 0.128 e. The largest absolute Gasteiger partial charge is 0.392 e. The van der Waals surface area contributed by atoms with Crippen molar-refractivity contribution in [3.05, 3.63) is 71.3 Å². The van der Waals surface area contributed by atoms with Gasteiger partial charge in [0.1, 0.15) is 11.6 Å². The van der Waals surface area contributed by atoms with Gasteiger partial charge in [0.05, 0.1) is 6.10 Å². The van der Waals surface area contributed by atoms with Crippen LogP contribution in [-0.2, 0) is 6.54 Å². The minimum atomic E-state index is -0.513. The third-order valence-electron chi connectivity index (χ3n) is 3.93. The van der Waals surface area contributed by atoms with Crippen LogP contribution in [0.3, 0.4) is 0 Å². The maximum Gasteiger partial charge on any atom is 0.128 e. The molecule has 2 unspecified atom stereocenters. The van der Waals surface area contributed by atoms with Crippen molar-refractivity contribution in [1.82, 2.24) is 4.90 Å². The number of halogens is 2. The third kappa shape index (κ3) is 3.12. The van der Waals surface area contributed by atoms with Gasteiger partial charge in [0.15, 0.2) is 0 Å². The van der Waals surface area contributed by atoms with Gasteiger partial charge in [-0.3, -0.25) is 4.90 Å². The molecule has 2 aromatic rings. The van der Waals surface area contributed by atoms with Gasteiger partial charge in [0.25, 0.3) is 0 Å². The molecule has 1 aliphatic rings. The normalized spacial score (nSPS) is 22.6. The molecule has 2 aromatic carbocycles. The molecule has 0 radical (unpaired) electrons. The molecule has 0 bridgehead atoms. The number of β-amino-alcohol motifs (C(OH)–C–C–N with tert-alkyl or cyclic N) is 1. The van der Waals surface area contributed by atoms with Gasteiger partial charge in [-0.05, 0) is 30.2 Å². The fourth-order valence-corrected chi connectivity index (χ4v) is 2.97. The number of aliphatic hydroxyl groups excluding tert-OH is 1. The Balaban J connectivity index is 1.87. The lowest BCUT2D eigenvalue weighted by atomic mass is 10.0. The zero-order valence-corrected chi connectivity index (χ0v) is 11.5. The molecule has 0 aliphatic carbocycles. The van der Waals surface area contributed by atoms with Crippen molar-refractivity contribution in [1.29, 1.82) is 0 Å². The Morgan fingerprint density at radius 3 is 2.62 bits per heavy atom. The molecule has 0 amide bonds. The van der Waals surface area contributed by atoms with Crippen molar-refractivity contribution in [2.24, 2.45) is 0 Å². The van der Waals surface area contributed by atoms with Gasteiger partial charge < -0.3 is 5.11 Å². The fourth-order valence-electron chi connectivity index (χ4n) is 2.97. The predicted molar refractivity (Wildman–Crippen MR) is 76.6 cm³/mol. The minimum Gasteiger partial charge on any atom is -0.392 e. The van der Waals surface area contributed by atoms with Gasteiger partial charge in [0.2, 0.25) is 0 Å². The molecule has 2 nitrogen and oxygen atoms in total. The van der Waals surface area contributed by atoms with Crippen LogP contribution in [0.4, 0.5) is 8.78 Å². The highest BCUT2D eigenvalue weighted by Crippen LogP contribution is 2.35. The molecule has 1 aliphatic heterocycles. The van der Waals surface area contributed by atoms with Crippen LogP contribution < -0.4 is 0 Å². The van der Waals surface area contributed by atoms with Crippen LogP contribution >= 0.6 is 0 Å². The standard InChI is InChI=1S/C17H17F2NO/c18-13-6-7-16(19)15(8-13)17-9-14(21)11-20(17)10-12-4-2-1-3-5-12/h1-8,14,17,21H,9-11H2. The zero-order valence-electron chi connectivity index (χ0n) is 11.5. The SMILES string of the molecule is OC1CC(c2cc(F)ccc2F)N(Cc2ccccc2)C1. The second-order valence-corrected chi connectivity index (χ2v) is 5.49. The summed E-state index contributed by atoms with van der Waals surface area (Å²) >= 11 is 0. The molecule has 3 rings (SSSR count). The van der Waals surface area contributed by atoms with Crippen LogP contribution in [0.5, 0.6) is 0 Å². The van der Waals surface area contributed by atoms with Crippen LogP contribution in [0.1, 0.15) is 23.6 Å². The van der Waals surface area contributed by atoms with Crippen molar-refractivity contribution < 1.29 is 13.9 Å². The van der Waals surface area contributed by atoms with Crippen molar-refractivity contribution in [3.63, 3.8) is 0 Å². The Morgan fingerprint density at radius 2 is 1.86 bits per heavy atom. The Bertz CT molecular complexity index is 617. The van der Waals surface area contributed by atoms with E-state index in [1.807, 2.05) is 35.2 Å². The molecule has 2 atom stereocenters. The highest BCUT2D eigenvalue weighted by atomic mass is 19.1. The maximum absolute atomic E-state index is 14.0. The number of rotatable bonds is 3. The summed E-state index contributed by atoms with van der Waals surface area (Å²) in [6.07, 6.45) is -0.0888. The maximum atomic E-state index is 14.0. The highest BCUT2D eigenvalue weighted by Gasteiger charge is 2.33. The van der Waals surface area contributed by atoms with Crippen LogP contribution in [0.15, 0.2) is 48.5 Å². The summed E-state index contributed by atoms with van der Waals surface area (Å²) in [6.45, 7) is 1.08. The van der Waals surface area contributed by atoms with Gasteiger partial charge in [0, 0.05) is 24.7 Å². The van der Waals surface area contributed by atoms with E-state index in [2.05, 4.69) is 0 Å². The lowest BCUT2D eigenvalue weighted by Crippen LogP contribution is -2.24. The van der Waals surface area contributed by atoms with Gasteiger partial charge in [-0.15, -0.1) is 0 Å². The van der Waals surface area contributed by atoms with Crippen molar-refractivity contribution in [2.75, 3.05) is 6.54 Å². The van der Waals surface area contributed by atoms with E-state index in [9.17, 15) is 13.9 Å². The lowest BCUT2D eigenvalue weighted by molar-refractivity contribution is 0.172. The number of nitrogens with zero attached hydrogens (tertiary/aromatic N) is 1. The van der Waals surface area contributed by atoms with Gasteiger partial charge >= 0.3 is 0 Å². The summed E-state index contributed by atoms with van der Waals surface area (Å²) < 4.78 is 27.4. The molecular weight excluding hydrogens is 272 g/mol. The zero-order chi connectivity index (χ0) is 14.8. The number of likely N-dealkylation sites (tertiary alicyclic amines) is 1. The summed E-state index contributed by atoms with van der Waals surface area (Å²) in [4.78, 5) is 2.00. The van der Waals surface area contributed by atoms with Crippen LogP contribution in [0.2, 0.25) is 0 Å². The summed E-state index contributed by atoms with van der Waals surface area (Å²) in [5.41, 5.74) is 1.41. The molecule has 0 saturated carbocycles. The van der Waals surface area contributed by atoms with E-state index in [-0.39, 0.29) is 6.04 Å². The van der Waals surface area contributed by atoms with Crippen LogP contribution in [0, 0.1) is 11.6 Å². The molecule has 21 heavy (non-hydrogen) atoms. The molecule has 110 valence electrons. The van der Waals surface area contributed by atoms with E-state index < -0.39 is 17.7 Å². The first-order valence-corrected chi connectivity index (χ1v) is 7.04. The molecule has 1 saturated heterocycles. The first-order chi connectivity index (χ1) is 10.1. The molecular formula is C17H17F2NO. The summed E-state index contributed by atoms with van der Waals surface area (Å²) in [5, 5.41) is 9.91. The van der Waals surface area contributed by atoms with Crippen molar-refractivity contribution in [2.45, 2.75) is 25.1 Å². The quantitative estimate of drug-likeness (QED) is 0.937. The molecule has 4 heteroatoms. The second kappa shape index (κ2) is 5.92.